The van der Waals surface area contributed by atoms with Gasteiger partial charge in [-0.2, -0.15) is 0 Å². The molecule has 1 fully saturated rings. The number of morpholine rings is 1. The number of carbonyl (C=O) groups is 2. The molecule has 1 aliphatic heterocycles. The predicted octanol–water partition coefficient (Wildman–Crippen LogP) is 2.14. The minimum absolute atomic E-state index is 0.126. The van der Waals surface area contributed by atoms with Crippen LogP contribution in [-0.4, -0.2) is 56.8 Å². The molecule has 2 aromatic carbocycles. The molecular formula is C22H27N3O4. The van der Waals surface area contributed by atoms with Crippen molar-refractivity contribution >= 4 is 11.9 Å². The number of nitrogens with zero attached hydrogens (tertiary/aromatic N) is 1. The Morgan fingerprint density at radius 3 is 2.48 bits per heavy atom. The van der Waals surface area contributed by atoms with E-state index in [2.05, 4.69) is 10.6 Å². The lowest BCUT2D eigenvalue weighted by atomic mass is 10.1. The maximum Gasteiger partial charge on any atom is 0.315 e. The second-order valence-corrected chi connectivity index (χ2v) is 6.74. The van der Waals surface area contributed by atoms with Crippen molar-refractivity contribution in [3.8, 4) is 5.75 Å². The number of ether oxygens (including phenoxy) is 2. The summed E-state index contributed by atoms with van der Waals surface area (Å²) in [6.07, 6.45) is 0.630. The van der Waals surface area contributed by atoms with Gasteiger partial charge in [-0.1, -0.05) is 48.5 Å². The third-order valence-corrected chi connectivity index (χ3v) is 4.85. The molecule has 1 aliphatic rings. The third-order valence-electron chi connectivity index (χ3n) is 4.85. The molecule has 1 saturated heterocycles. The van der Waals surface area contributed by atoms with Gasteiger partial charge in [0.25, 0.3) is 0 Å². The van der Waals surface area contributed by atoms with Crippen molar-refractivity contribution in [3.05, 3.63) is 65.7 Å². The number of urea groups is 1. The summed E-state index contributed by atoms with van der Waals surface area (Å²) in [4.78, 5) is 27.3. The topological polar surface area (TPSA) is 79.9 Å². The molecule has 1 unspecified atom stereocenters. The summed E-state index contributed by atoms with van der Waals surface area (Å²) in [5.41, 5.74) is 1.77. The van der Waals surface area contributed by atoms with E-state index in [1.807, 2.05) is 54.6 Å². The average Bonchev–Trinajstić information content (AvgIpc) is 2.78. The molecule has 0 aromatic heterocycles. The fourth-order valence-corrected chi connectivity index (χ4v) is 3.30. The molecule has 29 heavy (non-hydrogen) atoms. The quantitative estimate of drug-likeness (QED) is 0.750. The number of hydrogen-bond acceptors (Lipinski definition) is 4. The molecule has 7 heteroatoms. The first-order chi connectivity index (χ1) is 14.2. The van der Waals surface area contributed by atoms with Crippen molar-refractivity contribution in [2.24, 2.45) is 0 Å². The summed E-state index contributed by atoms with van der Waals surface area (Å²) >= 11 is 0. The van der Waals surface area contributed by atoms with E-state index >= 15 is 0 Å². The second kappa shape index (κ2) is 10.5. The number of nitrogens with one attached hydrogen (secondary N) is 2. The van der Waals surface area contributed by atoms with Crippen LogP contribution in [0, 0.1) is 0 Å². The van der Waals surface area contributed by atoms with Crippen LogP contribution >= 0.6 is 0 Å². The first kappa shape index (κ1) is 20.7. The zero-order valence-corrected chi connectivity index (χ0v) is 16.6. The van der Waals surface area contributed by atoms with Crippen LogP contribution in [0.3, 0.4) is 0 Å². The van der Waals surface area contributed by atoms with Crippen molar-refractivity contribution in [3.63, 3.8) is 0 Å². The van der Waals surface area contributed by atoms with Gasteiger partial charge in [0, 0.05) is 19.6 Å². The highest BCUT2D eigenvalue weighted by Crippen LogP contribution is 2.18. The molecule has 0 aliphatic carbocycles. The van der Waals surface area contributed by atoms with Gasteiger partial charge in [-0.3, -0.25) is 4.79 Å². The number of methoxy groups -OCH3 is 1. The van der Waals surface area contributed by atoms with E-state index in [0.29, 0.717) is 39.3 Å². The lowest BCUT2D eigenvalue weighted by Gasteiger charge is -2.31. The fraction of sp³-hybridized carbons (Fsp3) is 0.364. The summed E-state index contributed by atoms with van der Waals surface area (Å²) in [5, 5.41) is 5.67. The van der Waals surface area contributed by atoms with Crippen LogP contribution in [0.4, 0.5) is 4.79 Å². The Kier molecular flexibility index (Phi) is 7.47. The molecule has 0 spiro atoms. The van der Waals surface area contributed by atoms with Gasteiger partial charge >= 0.3 is 6.03 Å². The monoisotopic (exact) mass is 397 g/mol. The molecule has 2 aromatic rings. The number of amides is 3. The minimum Gasteiger partial charge on any atom is -0.496 e. The number of carbonyl (C=O) groups excluding carboxylic acids is 2. The number of hydrogen-bond donors (Lipinski definition) is 2. The van der Waals surface area contributed by atoms with Crippen LogP contribution in [0.25, 0.3) is 0 Å². The molecule has 0 radical (unpaired) electrons. The molecule has 154 valence electrons. The maximum absolute atomic E-state index is 13.0. The standard InChI is InChI=1S/C22H27N3O4/c1-28-19-10-6-5-7-17(19)11-12-23-22(27)24-20(18-8-3-2-4-9-18)21(26)25-13-15-29-16-14-25/h2-10,20H,11-16H2,1H3,(H2,23,24,27). The van der Waals surface area contributed by atoms with Crippen molar-refractivity contribution in [2.45, 2.75) is 12.5 Å². The van der Waals surface area contributed by atoms with Crippen LogP contribution in [0.15, 0.2) is 54.6 Å². The predicted molar refractivity (Wildman–Crippen MR) is 110 cm³/mol. The van der Waals surface area contributed by atoms with Gasteiger partial charge in [-0.25, -0.2) is 4.79 Å². The first-order valence-electron chi connectivity index (χ1n) is 9.77. The molecule has 0 bridgehead atoms. The molecule has 0 saturated carbocycles. The molecule has 7 nitrogen and oxygen atoms in total. The lowest BCUT2D eigenvalue weighted by molar-refractivity contribution is -0.137. The molecule has 2 N–H and O–H groups in total. The Hall–Kier alpha value is -3.06. The molecular weight excluding hydrogens is 370 g/mol. The van der Waals surface area contributed by atoms with Gasteiger partial charge in [0.05, 0.1) is 20.3 Å². The van der Waals surface area contributed by atoms with E-state index in [4.69, 9.17) is 9.47 Å². The van der Waals surface area contributed by atoms with Crippen LogP contribution in [0.5, 0.6) is 5.75 Å². The zero-order chi connectivity index (χ0) is 20.5. The Morgan fingerprint density at radius 1 is 1.07 bits per heavy atom. The smallest absolute Gasteiger partial charge is 0.315 e. The highest BCUT2D eigenvalue weighted by Gasteiger charge is 2.28. The molecule has 1 atom stereocenters. The van der Waals surface area contributed by atoms with E-state index in [9.17, 15) is 9.59 Å². The highest BCUT2D eigenvalue weighted by molar-refractivity contribution is 5.88. The summed E-state index contributed by atoms with van der Waals surface area (Å²) < 4.78 is 10.7. The Labute approximate surface area is 171 Å². The normalized spacial score (nSPS) is 14.7. The molecule has 3 rings (SSSR count). The summed E-state index contributed by atoms with van der Waals surface area (Å²) in [7, 11) is 1.63. The van der Waals surface area contributed by atoms with Gasteiger partial charge in [-0.15, -0.1) is 0 Å². The van der Waals surface area contributed by atoms with Crippen molar-refractivity contribution in [2.75, 3.05) is 40.0 Å². The minimum atomic E-state index is -0.736. The summed E-state index contributed by atoms with van der Waals surface area (Å²) in [6.45, 7) is 2.51. The number of benzene rings is 2. The van der Waals surface area contributed by atoms with E-state index in [1.165, 1.54) is 0 Å². The Balaban J connectivity index is 1.61. The van der Waals surface area contributed by atoms with Gasteiger partial charge < -0.3 is 25.0 Å². The highest BCUT2D eigenvalue weighted by atomic mass is 16.5. The third kappa shape index (κ3) is 5.71. The fourth-order valence-electron chi connectivity index (χ4n) is 3.30. The van der Waals surface area contributed by atoms with E-state index < -0.39 is 6.04 Å². The number of para-hydroxylation sites is 1. The van der Waals surface area contributed by atoms with Gasteiger partial charge in [0.2, 0.25) is 5.91 Å². The first-order valence-corrected chi connectivity index (χ1v) is 9.77. The van der Waals surface area contributed by atoms with E-state index in [1.54, 1.807) is 12.0 Å². The SMILES string of the molecule is COc1ccccc1CCNC(=O)NC(C(=O)N1CCOCC1)c1ccccc1. The average molecular weight is 397 g/mol. The molecule has 3 amide bonds. The van der Waals surface area contributed by atoms with Crippen LogP contribution in [0.1, 0.15) is 17.2 Å². The van der Waals surface area contributed by atoms with Crippen LogP contribution < -0.4 is 15.4 Å². The molecule has 1 heterocycles. The van der Waals surface area contributed by atoms with Gasteiger partial charge in [-0.05, 0) is 23.6 Å². The van der Waals surface area contributed by atoms with Crippen LogP contribution in [-0.2, 0) is 16.0 Å². The summed E-state index contributed by atoms with van der Waals surface area (Å²) in [5.74, 6) is 0.666. The lowest BCUT2D eigenvalue weighted by Crippen LogP contribution is -2.49. The van der Waals surface area contributed by atoms with Gasteiger partial charge in [0.15, 0.2) is 0 Å². The Morgan fingerprint density at radius 2 is 1.76 bits per heavy atom. The van der Waals surface area contributed by atoms with Crippen molar-refractivity contribution in [1.29, 1.82) is 0 Å². The summed E-state index contributed by atoms with van der Waals surface area (Å²) in [6, 6.07) is 15.9. The second-order valence-electron chi connectivity index (χ2n) is 6.74. The van der Waals surface area contributed by atoms with Crippen LogP contribution in [0.2, 0.25) is 0 Å². The largest absolute Gasteiger partial charge is 0.496 e. The van der Waals surface area contributed by atoms with Gasteiger partial charge in [0.1, 0.15) is 11.8 Å². The zero-order valence-electron chi connectivity index (χ0n) is 16.6. The van der Waals surface area contributed by atoms with E-state index in [0.717, 1.165) is 16.9 Å². The number of rotatable bonds is 7. The maximum atomic E-state index is 13.0. The van der Waals surface area contributed by atoms with Crippen molar-refractivity contribution < 1.29 is 19.1 Å². The van der Waals surface area contributed by atoms with Crippen molar-refractivity contribution in [1.82, 2.24) is 15.5 Å². The Bertz CT molecular complexity index is 807. The van der Waals surface area contributed by atoms with E-state index in [-0.39, 0.29) is 11.9 Å².